The highest BCUT2D eigenvalue weighted by molar-refractivity contribution is 5.93. The third-order valence-electron chi connectivity index (χ3n) is 4.48. The van der Waals surface area contributed by atoms with Gasteiger partial charge in [0.15, 0.2) is 0 Å². The smallest absolute Gasteiger partial charge is 0.410 e. The van der Waals surface area contributed by atoms with E-state index in [0.717, 1.165) is 24.3 Å². The summed E-state index contributed by atoms with van der Waals surface area (Å²) < 4.78 is 11.2. The summed E-state index contributed by atoms with van der Waals surface area (Å²) in [5.74, 6) is 0.777. The Hall–Kier alpha value is -2.24. The predicted octanol–water partition coefficient (Wildman–Crippen LogP) is 2.77. The molecule has 2 aliphatic rings. The first kappa shape index (κ1) is 17.6. The molecule has 0 radical (unpaired) electrons. The second kappa shape index (κ2) is 6.58. The summed E-state index contributed by atoms with van der Waals surface area (Å²) in [6.07, 6.45) is 1.23. The first-order valence-corrected chi connectivity index (χ1v) is 8.79. The van der Waals surface area contributed by atoms with E-state index in [-0.39, 0.29) is 12.0 Å². The van der Waals surface area contributed by atoms with E-state index in [1.807, 2.05) is 32.9 Å². The first-order chi connectivity index (χ1) is 11.7. The van der Waals surface area contributed by atoms with Crippen molar-refractivity contribution < 1.29 is 19.1 Å². The van der Waals surface area contributed by atoms with Crippen LogP contribution in [0.5, 0.6) is 5.75 Å². The molecule has 0 aliphatic carbocycles. The molecular formula is C19H26N2O4. The van der Waals surface area contributed by atoms with Crippen molar-refractivity contribution in [2.75, 3.05) is 31.1 Å². The minimum Gasteiger partial charge on any atom is -0.490 e. The van der Waals surface area contributed by atoms with Crippen LogP contribution in [0, 0.1) is 0 Å². The summed E-state index contributed by atoms with van der Waals surface area (Å²) in [5, 5.41) is 0. The Morgan fingerprint density at radius 2 is 1.72 bits per heavy atom. The molecule has 0 atom stereocenters. The van der Waals surface area contributed by atoms with Crippen molar-refractivity contribution in [3.8, 4) is 5.75 Å². The Kier molecular flexibility index (Phi) is 4.62. The fourth-order valence-electron chi connectivity index (χ4n) is 3.27. The Balaban J connectivity index is 1.80. The molecule has 2 aliphatic heterocycles. The van der Waals surface area contributed by atoms with Crippen LogP contribution in [0.15, 0.2) is 12.1 Å². The largest absolute Gasteiger partial charge is 0.490 e. The van der Waals surface area contributed by atoms with Crippen LogP contribution in [0.3, 0.4) is 0 Å². The van der Waals surface area contributed by atoms with Crippen LogP contribution in [0.2, 0.25) is 0 Å². The van der Waals surface area contributed by atoms with E-state index in [0.29, 0.717) is 26.2 Å². The second-order valence-electron chi connectivity index (χ2n) is 7.58. The minimum atomic E-state index is -0.495. The topological polar surface area (TPSA) is 59.1 Å². The zero-order valence-corrected chi connectivity index (χ0v) is 15.4. The van der Waals surface area contributed by atoms with Gasteiger partial charge < -0.3 is 19.3 Å². The second-order valence-corrected chi connectivity index (χ2v) is 7.58. The summed E-state index contributed by atoms with van der Waals surface area (Å²) >= 11 is 0. The van der Waals surface area contributed by atoms with Crippen molar-refractivity contribution in [1.29, 1.82) is 0 Å². The molecule has 2 heterocycles. The van der Waals surface area contributed by atoms with Crippen molar-refractivity contribution in [3.63, 3.8) is 0 Å². The number of benzene rings is 1. The zero-order valence-electron chi connectivity index (χ0n) is 15.4. The van der Waals surface area contributed by atoms with Crippen LogP contribution in [0.25, 0.3) is 0 Å². The maximum atomic E-state index is 12.3. The SMILES string of the molecule is CC(=O)N1CCOc2cc3c(cc21)CCN(C(=O)OC(C)(C)C)CC3. The summed E-state index contributed by atoms with van der Waals surface area (Å²) in [6.45, 7) is 9.52. The lowest BCUT2D eigenvalue weighted by Gasteiger charge is -2.29. The molecule has 0 fully saturated rings. The molecule has 6 heteroatoms. The van der Waals surface area contributed by atoms with Gasteiger partial charge >= 0.3 is 6.09 Å². The predicted molar refractivity (Wildman–Crippen MR) is 95.2 cm³/mol. The first-order valence-electron chi connectivity index (χ1n) is 8.79. The fourth-order valence-corrected chi connectivity index (χ4v) is 3.27. The Morgan fingerprint density at radius 3 is 2.32 bits per heavy atom. The van der Waals surface area contributed by atoms with Crippen LogP contribution in [-0.4, -0.2) is 48.7 Å². The monoisotopic (exact) mass is 346 g/mol. The van der Waals surface area contributed by atoms with Crippen molar-refractivity contribution in [3.05, 3.63) is 23.3 Å². The lowest BCUT2D eigenvalue weighted by atomic mass is 10.0. The van der Waals surface area contributed by atoms with E-state index >= 15 is 0 Å². The van der Waals surface area contributed by atoms with Gasteiger partial charge in [-0.25, -0.2) is 4.79 Å². The zero-order chi connectivity index (χ0) is 18.2. The normalized spacial score (nSPS) is 17.1. The van der Waals surface area contributed by atoms with Gasteiger partial charge in [-0.05, 0) is 56.9 Å². The lowest BCUT2D eigenvalue weighted by molar-refractivity contribution is -0.116. The molecule has 0 saturated heterocycles. The molecule has 0 bridgehead atoms. The maximum Gasteiger partial charge on any atom is 0.410 e. The highest BCUT2D eigenvalue weighted by Crippen LogP contribution is 2.36. The van der Waals surface area contributed by atoms with Crippen molar-refractivity contribution >= 4 is 17.7 Å². The Bertz CT molecular complexity index is 693. The number of hydrogen-bond acceptors (Lipinski definition) is 4. The number of fused-ring (bicyclic) bond motifs is 2. The molecule has 0 saturated carbocycles. The van der Waals surface area contributed by atoms with Crippen molar-refractivity contribution in [1.82, 2.24) is 4.90 Å². The molecule has 1 aromatic rings. The average molecular weight is 346 g/mol. The van der Waals surface area contributed by atoms with Gasteiger partial charge in [0.1, 0.15) is 18.0 Å². The molecule has 3 rings (SSSR count). The highest BCUT2D eigenvalue weighted by Gasteiger charge is 2.27. The van der Waals surface area contributed by atoms with Gasteiger partial charge in [-0.3, -0.25) is 4.79 Å². The van der Waals surface area contributed by atoms with Crippen molar-refractivity contribution in [2.45, 2.75) is 46.1 Å². The van der Waals surface area contributed by atoms with Gasteiger partial charge in [0.25, 0.3) is 0 Å². The van der Waals surface area contributed by atoms with E-state index < -0.39 is 5.60 Å². The number of amides is 2. The lowest BCUT2D eigenvalue weighted by Crippen LogP contribution is -2.38. The third-order valence-corrected chi connectivity index (χ3v) is 4.48. The molecule has 136 valence electrons. The molecule has 0 N–H and O–H groups in total. The Morgan fingerprint density at radius 1 is 1.08 bits per heavy atom. The summed E-state index contributed by atoms with van der Waals surface area (Å²) in [5.41, 5.74) is 2.69. The molecule has 0 unspecified atom stereocenters. The number of ether oxygens (including phenoxy) is 2. The standard InChI is InChI=1S/C19H26N2O4/c1-13(22)21-9-10-24-17-12-15-6-8-20(18(23)25-19(2,3)4)7-5-14(15)11-16(17)21/h11-12H,5-10H2,1-4H3. The quantitative estimate of drug-likeness (QED) is 0.725. The summed E-state index contributed by atoms with van der Waals surface area (Å²) in [6, 6.07) is 4.07. The Labute approximate surface area is 148 Å². The fraction of sp³-hybridized carbons (Fsp3) is 0.579. The number of carbonyl (C=O) groups excluding carboxylic acids is 2. The third kappa shape index (κ3) is 3.89. The number of rotatable bonds is 0. The van der Waals surface area contributed by atoms with E-state index in [4.69, 9.17) is 9.47 Å². The molecular weight excluding hydrogens is 320 g/mol. The van der Waals surface area contributed by atoms with Gasteiger partial charge in [-0.2, -0.15) is 0 Å². The van der Waals surface area contributed by atoms with Crippen LogP contribution in [0.1, 0.15) is 38.8 Å². The van der Waals surface area contributed by atoms with Crippen LogP contribution < -0.4 is 9.64 Å². The molecule has 0 spiro atoms. The maximum absolute atomic E-state index is 12.3. The van der Waals surface area contributed by atoms with Gasteiger partial charge in [0.2, 0.25) is 5.91 Å². The minimum absolute atomic E-state index is 0.0218. The van der Waals surface area contributed by atoms with E-state index in [1.165, 1.54) is 11.1 Å². The van der Waals surface area contributed by atoms with Crippen LogP contribution >= 0.6 is 0 Å². The molecule has 0 aromatic heterocycles. The summed E-state index contributed by atoms with van der Waals surface area (Å²) in [7, 11) is 0. The van der Waals surface area contributed by atoms with Gasteiger partial charge in [-0.15, -0.1) is 0 Å². The highest BCUT2D eigenvalue weighted by atomic mass is 16.6. The average Bonchev–Trinajstić information content (AvgIpc) is 2.72. The van der Waals surface area contributed by atoms with Crippen LogP contribution in [-0.2, 0) is 22.4 Å². The molecule has 1 aromatic carbocycles. The summed E-state index contributed by atoms with van der Waals surface area (Å²) in [4.78, 5) is 27.7. The number of anilines is 1. The number of carbonyl (C=O) groups is 2. The number of hydrogen-bond donors (Lipinski definition) is 0. The van der Waals surface area contributed by atoms with Gasteiger partial charge in [0, 0.05) is 20.0 Å². The molecule has 2 amide bonds. The van der Waals surface area contributed by atoms with Gasteiger partial charge in [-0.1, -0.05) is 0 Å². The van der Waals surface area contributed by atoms with Gasteiger partial charge in [0.05, 0.1) is 12.2 Å². The van der Waals surface area contributed by atoms with E-state index in [9.17, 15) is 9.59 Å². The number of nitrogens with zero attached hydrogens (tertiary/aromatic N) is 2. The molecule has 6 nitrogen and oxygen atoms in total. The van der Waals surface area contributed by atoms with Crippen molar-refractivity contribution in [2.24, 2.45) is 0 Å². The van der Waals surface area contributed by atoms with E-state index in [2.05, 4.69) is 0 Å². The van der Waals surface area contributed by atoms with E-state index in [1.54, 1.807) is 16.7 Å². The van der Waals surface area contributed by atoms with Crippen LogP contribution in [0.4, 0.5) is 10.5 Å². The molecule has 25 heavy (non-hydrogen) atoms.